The van der Waals surface area contributed by atoms with E-state index in [1.165, 1.54) is 0 Å². The van der Waals surface area contributed by atoms with Gasteiger partial charge in [0.05, 0.1) is 6.10 Å². The number of amides is 2. The number of aliphatic hydroxyl groups is 1. The van der Waals surface area contributed by atoms with Crippen molar-refractivity contribution in [2.24, 2.45) is 5.92 Å². The molecule has 0 radical (unpaired) electrons. The number of hydrogen-bond acceptors (Lipinski definition) is 3. The number of carbonyl (C=O) groups is 2. The van der Waals surface area contributed by atoms with Gasteiger partial charge < -0.3 is 15.3 Å². The van der Waals surface area contributed by atoms with E-state index in [-0.39, 0.29) is 17.9 Å². The Morgan fingerprint density at radius 3 is 2.42 bits per heavy atom. The molecule has 0 spiro atoms. The number of likely N-dealkylation sites (tertiary alicyclic amines) is 1. The van der Waals surface area contributed by atoms with E-state index < -0.39 is 6.10 Å². The highest BCUT2D eigenvalue weighted by Crippen LogP contribution is 2.31. The number of nitrogens with zero attached hydrogens (tertiary/aromatic N) is 1. The lowest BCUT2D eigenvalue weighted by atomic mass is 10.0. The van der Waals surface area contributed by atoms with E-state index in [1.54, 1.807) is 6.92 Å². The fourth-order valence-corrected chi connectivity index (χ4v) is 2.47. The number of carbonyl (C=O) groups excluding carboxylic acids is 2. The normalized spacial score (nSPS) is 22.1. The summed E-state index contributed by atoms with van der Waals surface area (Å²) in [6.07, 6.45) is 4.24. The van der Waals surface area contributed by atoms with Gasteiger partial charge in [-0.1, -0.05) is 0 Å². The predicted octanol–water partition coefficient (Wildman–Crippen LogP) is 0.665. The number of hydrogen-bond donors (Lipinski definition) is 2. The maximum atomic E-state index is 11.9. The minimum absolute atomic E-state index is 0.00729. The van der Waals surface area contributed by atoms with Crippen LogP contribution in [0.4, 0.5) is 0 Å². The quantitative estimate of drug-likeness (QED) is 0.770. The van der Waals surface area contributed by atoms with Crippen LogP contribution in [0, 0.1) is 5.92 Å². The summed E-state index contributed by atoms with van der Waals surface area (Å²) in [4.78, 5) is 25.5. The second-order valence-electron chi connectivity index (χ2n) is 5.83. The second-order valence-corrected chi connectivity index (χ2v) is 5.83. The maximum absolute atomic E-state index is 11.9. The summed E-state index contributed by atoms with van der Waals surface area (Å²) in [5.74, 6) is 0.601. The van der Waals surface area contributed by atoms with Crippen molar-refractivity contribution in [1.82, 2.24) is 10.2 Å². The monoisotopic (exact) mass is 268 g/mol. The molecule has 0 aromatic carbocycles. The smallest absolute Gasteiger partial charge is 0.225 e. The summed E-state index contributed by atoms with van der Waals surface area (Å²) in [7, 11) is 0. The van der Waals surface area contributed by atoms with Crippen molar-refractivity contribution in [3.05, 3.63) is 0 Å². The van der Waals surface area contributed by atoms with Crippen LogP contribution in [-0.2, 0) is 9.59 Å². The predicted molar refractivity (Wildman–Crippen MR) is 71.4 cm³/mol. The lowest BCUT2D eigenvalue weighted by Gasteiger charge is -2.32. The van der Waals surface area contributed by atoms with E-state index in [1.807, 2.05) is 4.90 Å². The largest absolute Gasteiger partial charge is 0.393 e. The molecule has 2 N–H and O–H groups in total. The zero-order valence-corrected chi connectivity index (χ0v) is 11.6. The number of nitrogens with one attached hydrogen (secondary N) is 1. The summed E-state index contributed by atoms with van der Waals surface area (Å²) in [6.45, 7) is 3.21. The first-order chi connectivity index (χ1) is 9.06. The van der Waals surface area contributed by atoms with E-state index in [0.29, 0.717) is 18.7 Å². The Morgan fingerprint density at radius 1 is 1.26 bits per heavy atom. The third-order valence-electron chi connectivity index (χ3n) is 3.89. The van der Waals surface area contributed by atoms with Crippen LogP contribution in [0.2, 0.25) is 0 Å². The number of piperidine rings is 1. The molecule has 1 atom stereocenters. The zero-order valence-electron chi connectivity index (χ0n) is 11.6. The molecule has 5 heteroatoms. The van der Waals surface area contributed by atoms with Crippen LogP contribution in [-0.4, -0.2) is 47.1 Å². The lowest BCUT2D eigenvalue weighted by molar-refractivity contribution is -0.133. The lowest BCUT2D eigenvalue weighted by Crippen LogP contribution is -2.47. The first kappa shape index (κ1) is 14.3. The average molecular weight is 268 g/mol. The van der Waals surface area contributed by atoms with Crippen molar-refractivity contribution in [3.63, 3.8) is 0 Å². The highest BCUT2D eigenvalue weighted by molar-refractivity contribution is 5.81. The van der Waals surface area contributed by atoms with Crippen molar-refractivity contribution in [1.29, 1.82) is 0 Å². The van der Waals surface area contributed by atoms with Gasteiger partial charge in [0.15, 0.2) is 0 Å². The summed E-state index contributed by atoms with van der Waals surface area (Å²) < 4.78 is 0. The SMILES string of the molecule is CC(O)CCC(=O)NC1CCN(C(=O)C2CC2)CC1. The van der Waals surface area contributed by atoms with Crippen LogP contribution in [0.3, 0.4) is 0 Å². The molecule has 0 aromatic rings. The first-order valence-corrected chi connectivity index (χ1v) is 7.32. The summed E-state index contributed by atoms with van der Waals surface area (Å²) in [5.41, 5.74) is 0. The van der Waals surface area contributed by atoms with E-state index in [2.05, 4.69) is 5.32 Å². The molecule has 1 aliphatic heterocycles. The van der Waals surface area contributed by atoms with Crippen molar-refractivity contribution in [3.8, 4) is 0 Å². The standard InChI is InChI=1S/C14H24N2O3/c1-10(17)2-5-13(18)15-12-6-8-16(9-7-12)14(19)11-3-4-11/h10-12,17H,2-9H2,1H3,(H,15,18). The molecule has 2 aliphatic rings. The molecule has 1 heterocycles. The Hall–Kier alpha value is -1.10. The van der Waals surface area contributed by atoms with Gasteiger partial charge in [0, 0.05) is 31.5 Å². The van der Waals surface area contributed by atoms with Crippen LogP contribution in [0.5, 0.6) is 0 Å². The summed E-state index contributed by atoms with van der Waals surface area (Å²) >= 11 is 0. The fraction of sp³-hybridized carbons (Fsp3) is 0.857. The average Bonchev–Trinajstić information content (AvgIpc) is 3.21. The highest BCUT2D eigenvalue weighted by Gasteiger charge is 2.34. The molecular formula is C14H24N2O3. The van der Waals surface area contributed by atoms with Crippen LogP contribution < -0.4 is 5.32 Å². The first-order valence-electron chi connectivity index (χ1n) is 7.32. The Bertz CT molecular complexity index is 332. The van der Waals surface area contributed by atoms with Crippen LogP contribution in [0.25, 0.3) is 0 Å². The molecular weight excluding hydrogens is 244 g/mol. The van der Waals surface area contributed by atoms with Crippen molar-refractivity contribution < 1.29 is 14.7 Å². The molecule has 1 saturated heterocycles. The van der Waals surface area contributed by atoms with Gasteiger partial charge in [0.2, 0.25) is 11.8 Å². The molecule has 2 amide bonds. The topological polar surface area (TPSA) is 69.6 Å². The molecule has 108 valence electrons. The Morgan fingerprint density at radius 2 is 1.89 bits per heavy atom. The summed E-state index contributed by atoms with van der Waals surface area (Å²) in [6, 6.07) is 0.185. The molecule has 19 heavy (non-hydrogen) atoms. The molecule has 5 nitrogen and oxygen atoms in total. The van der Waals surface area contributed by atoms with Crippen LogP contribution >= 0.6 is 0 Å². The molecule has 0 bridgehead atoms. The number of rotatable bonds is 5. The maximum Gasteiger partial charge on any atom is 0.225 e. The Kier molecular flexibility index (Phi) is 4.80. The molecule has 1 saturated carbocycles. The van der Waals surface area contributed by atoms with Crippen molar-refractivity contribution in [2.45, 2.75) is 57.6 Å². The molecule has 1 aliphatic carbocycles. The molecule has 1 unspecified atom stereocenters. The fourth-order valence-electron chi connectivity index (χ4n) is 2.47. The minimum atomic E-state index is -0.427. The van der Waals surface area contributed by atoms with Gasteiger partial charge in [-0.15, -0.1) is 0 Å². The van der Waals surface area contributed by atoms with E-state index in [0.717, 1.165) is 38.8 Å². The zero-order chi connectivity index (χ0) is 13.8. The molecule has 0 aromatic heterocycles. The van der Waals surface area contributed by atoms with Crippen LogP contribution in [0.1, 0.15) is 45.4 Å². The molecule has 2 fully saturated rings. The van der Waals surface area contributed by atoms with Gasteiger partial charge in [-0.3, -0.25) is 9.59 Å². The van der Waals surface area contributed by atoms with E-state index >= 15 is 0 Å². The highest BCUT2D eigenvalue weighted by atomic mass is 16.3. The minimum Gasteiger partial charge on any atom is -0.393 e. The van der Waals surface area contributed by atoms with Gasteiger partial charge in [0.25, 0.3) is 0 Å². The third kappa shape index (κ3) is 4.49. The Balaban J connectivity index is 1.65. The Labute approximate surface area is 114 Å². The molecule has 2 rings (SSSR count). The second kappa shape index (κ2) is 6.37. The van der Waals surface area contributed by atoms with Crippen molar-refractivity contribution >= 4 is 11.8 Å². The van der Waals surface area contributed by atoms with Crippen molar-refractivity contribution in [2.75, 3.05) is 13.1 Å². The van der Waals surface area contributed by atoms with Gasteiger partial charge in [-0.05, 0) is 39.0 Å². The summed E-state index contributed by atoms with van der Waals surface area (Å²) in [5, 5.41) is 12.1. The third-order valence-corrected chi connectivity index (χ3v) is 3.89. The van der Waals surface area contributed by atoms with Gasteiger partial charge >= 0.3 is 0 Å². The number of aliphatic hydroxyl groups excluding tert-OH is 1. The van der Waals surface area contributed by atoms with E-state index in [4.69, 9.17) is 5.11 Å². The van der Waals surface area contributed by atoms with Gasteiger partial charge in [-0.2, -0.15) is 0 Å². The van der Waals surface area contributed by atoms with Gasteiger partial charge in [0.1, 0.15) is 0 Å². The van der Waals surface area contributed by atoms with Crippen LogP contribution in [0.15, 0.2) is 0 Å². The van der Waals surface area contributed by atoms with Gasteiger partial charge in [-0.25, -0.2) is 0 Å². The van der Waals surface area contributed by atoms with E-state index in [9.17, 15) is 9.59 Å².